The van der Waals surface area contributed by atoms with E-state index in [1.54, 1.807) is 12.5 Å². The van der Waals surface area contributed by atoms with Crippen molar-refractivity contribution in [1.29, 1.82) is 0 Å². The van der Waals surface area contributed by atoms with E-state index in [1.165, 1.54) is 11.3 Å². The molecule has 2 N–H and O–H groups in total. The zero-order valence-corrected chi connectivity index (χ0v) is 11.6. The summed E-state index contributed by atoms with van der Waals surface area (Å²) in [5.41, 5.74) is 1.93. The largest absolute Gasteiger partial charge is 0.351 e. The van der Waals surface area contributed by atoms with Gasteiger partial charge in [0.1, 0.15) is 4.88 Å². The molecule has 0 atom stereocenters. The van der Waals surface area contributed by atoms with E-state index in [-0.39, 0.29) is 5.91 Å². The number of rotatable bonds is 5. The summed E-state index contributed by atoms with van der Waals surface area (Å²) in [6.45, 7) is 0.587. The minimum Gasteiger partial charge on any atom is -0.351 e. The fourth-order valence-corrected chi connectivity index (χ4v) is 2.79. The number of nitrogens with one attached hydrogen (secondary N) is 2. The van der Waals surface area contributed by atoms with Gasteiger partial charge in [-0.25, -0.2) is 4.98 Å². The Labute approximate surface area is 120 Å². The van der Waals surface area contributed by atoms with Crippen LogP contribution in [0.5, 0.6) is 0 Å². The van der Waals surface area contributed by atoms with Crippen LogP contribution in [0.1, 0.15) is 15.4 Å². The van der Waals surface area contributed by atoms with Crippen LogP contribution in [0.25, 0.3) is 5.69 Å². The number of hydrogen-bond acceptors (Lipinski definition) is 3. The average molecular weight is 286 g/mol. The van der Waals surface area contributed by atoms with Gasteiger partial charge in [-0.15, -0.1) is 11.3 Å². The van der Waals surface area contributed by atoms with Gasteiger partial charge in [0.25, 0.3) is 5.91 Å². The van der Waals surface area contributed by atoms with Crippen LogP contribution in [0.3, 0.4) is 0 Å². The maximum absolute atomic E-state index is 12.2. The smallest absolute Gasteiger partial charge is 0.263 e. The van der Waals surface area contributed by atoms with Crippen LogP contribution in [0.2, 0.25) is 0 Å². The molecule has 0 unspecified atom stereocenters. The van der Waals surface area contributed by atoms with E-state index in [4.69, 9.17) is 0 Å². The number of H-pyrrole nitrogens is 1. The Hall–Kier alpha value is -2.34. The average Bonchev–Trinajstić information content (AvgIpc) is 3.19. The van der Waals surface area contributed by atoms with Crippen molar-refractivity contribution in [3.8, 4) is 5.69 Å². The summed E-state index contributed by atoms with van der Waals surface area (Å²) in [6.07, 6.45) is 8.02. The summed E-state index contributed by atoms with van der Waals surface area (Å²) in [7, 11) is 0. The second-order valence-electron chi connectivity index (χ2n) is 4.31. The van der Waals surface area contributed by atoms with Gasteiger partial charge in [0, 0.05) is 37.3 Å². The highest BCUT2D eigenvalue weighted by molar-refractivity contribution is 7.12. The highest BCUT2D eigenvalue weighted by Crippen LogP contribution is 2.21. The van der Waals surface area contributed by atoms with Gasteiger partial charge in [0.05, 0.1) is 12.0 Å². The molecular formula is C14H14N4OS. The fraction of sp³-hybridized carbons (Fsp3) is 0.143. The van der Waals surface area contributed by atoms with Crippen molar-refractivity contribution in [2.75, 3.05) is 6.54 Å². The van der Waals surface area contributed by atoms with E-state index in [2.05, 4.69) is 15.3 Å². The molecule has 0 aliphatic rings. The zero-order chi connectivity index (χ0) is 13.8. The number of carbonyl (C=O) groups excluding carboxylic acids is 1. The number of amides is 1. The van der Waals surface area contributed by atoms with E-state index in [9.17, 15) is 4.79 Å². The third-order valence-electron chi connectivity index (χ3n) is 2.97. The van der Waals surface area contributed by atoms with Gasteiger partial charge in [-0.1, -0.05) is 0 Å². The molecule has 1 amide bonds. The van der Waals surface area contributed by atoms with Crippen LogP contribution >= 0.6 is 11.3 Å². The normalized spacial score (nSPS) is 10.6. The van der Waals surface area contributed by atoms with Gasteiger partial charge in [0.2, 0.25) is 0 Å². The van der Waals surface area contributed by atoms with Crippen molar-refractivity contribution in [3.63, 3.8) is 0 Å². The number of imidazole rings is 1. The highest BCUT2D eigenvalue weighted by atomic mass is 32.1. The molecule has 0 radical (unpaired) electrons. The predicted molar refractivity (Wildman–Crippen MR) is 78.3 cm³/mol. The second kappa shape index (κ2) is 5.75. The topological polar surface area (TPSA) is 62.7 Å². The van der Waals surface area contributed by atoms with Crippen LogP contribution in [0, 0.1) is 0 Å². The van der Waals surface area contributed by atoms with E-state index in [0.29, 0.717) is 6.54 Å². The molecule has 0 saturated heterocycles. The monoisotopic (exact) mass is 286 g/mol. The lowest BCUT2D eigenvalue weighted by atomic mass is 10.3. The molecule has 5 nitrogen and oxygen atoms in total. The lowest BCUT2D eigenvalue weighted by Gasteiger charge is -2.06. The van der Waals surface area contributed by atoms with Crippen molar-refractivity contribution in [1.82, 2.24) is 19.9 Å². The molecule has 20 heavy (non-hydrogen) atoms. The summed E-state index contributed by atoms with van der Waals surface area (Å²) >= 11 is 1.45. The summed E-state index contributed by atoms with van der Waals surface area (Å²) in [4.78, 5) is 19.9. The number of carbonyl (C=O) groups is 1. The number of nitrogens with zero attached hydrogens (tertiary/aromatic N) is 2. The molecule has 0 aliphatic heterocycles. The first-order valence-electron chi connectivity index (χ1n) is 6.31. The number of hydrogen-bond donors (Lipinski definition) is 2. The quantitative estimate of drug-likeness (QED) is 0.755. The maximum Gasteiger partial charge on any atom is 0.263 e. The summed E-state index contributed by atoms with van der Waals surface area (Å²) in [6, 6.07) is 5.84. The molecule has 102 valence electrons. The van der Waals surface area contributed by atoms with Gasteiger partial charge in [-0.05, 0) is 23.6 Å². The van der Waals surface area contributed by atoms with Gasteiger partial charge in [-0.3, -0.25) is 4.79 Å². The Morgan fingerprint density at radius 2 is 2.25 bits per heavy atom. The first kappa shape index (κ1) is 12.7. The Balaban J connectivity index is 1.64. The van der Waals surface area contributed by atoms with Gasteiger partial charge in [-0.2, -0.15) is 0 Å². The Morgan fingerprint density at radius 1 is 1.40 bits per heavy atom. The molecule has 0 aliphatic carbocycles. The third kappa shape index (κ3) is 2.65. The molecule has 6 heteroatoms. The summed E-state index contributed by atoms with van der Waals surface area (Å²) < 4.78 is 1.94. The predicted octanol–water partition coefficient (Wildman–Crippen LogP) is 2.23. The molecular weight excluding hydrogens is 272 g/mol. The second-order valence-corrected chi connectivity index (χ2v) is 5.22. The van der Waals surface area contributed by atoms with Gasteiger partial charge >= 0.3 is 0 Å². The van der Waals surface area contributed by atoms with Crippen LogP contribution in [0.4, 0.5) is 0 Å². The molecule has 0 fully saturated rings. The third-order valence-corrected chi connectivity index (χ3v) is 3.87. The molecule has 0 spiro atoms. The van der Waals surface area contributed by atoms with Crippen molar-refractivity contribution in [3.05, 3.63) is 59.1 Å². The lowest BCUT2D eigenvalue weighted by molar-refractivity contribution is 0.0958. The van der Waals surface area contributed by atoms with Crippen molar-refractivity contribution < 1.29 is 4.79 Å². The van der Waals surface area contributed by atoms with Crippen LogP contribution in [-0.2, 0) is 6.42 Å². The lowest BCUT2D eigenvalue weighted by Crippen LogP contribution is -2.25. The molecule has 0 saturated carbocycles. The van der Waals surface area contributed by atoms with Crippen molar-refractivity contribution in [2.45, 2.75) is 6.42 Å². The Kier molecular flexibility index (Phi) is 3.64. The molecule has 3 rings (SSSR count). The first-order valence-corrected chi connectivity index (χ1v) is 7.19. The SMILES string of the molecule is O=C(NCCc1cnc[nH]1)c1sccc1-n1cccc1. The summed E-state index contributed by atoms with van der Waals surface area (Å²) in [5.74, 6) is -0.0387. The maximum atomic E-state index is 12.2. The van der Waals surface area contributed by atoms with E-state index in [0.717, 1.165) is 22.7 Å². The number of aromatic nitrogens is 3. The molecule has 0 aromatic carbocycles. The standard InChI is InChI=1S/C14H14N4OS/c19-14(16-5-3-11-9-15-10-17-11)13-12(4-8-20-13)18-6-1-2-7-18/h1-2,4,6-10H,3,5H2,(H,15,17)(H,16,19). The van der Waals surface area contributed by atoms with Gasteiger partial charge < -0.3 is 14.9 Å². The molecule has 3 heterocycles. The minimum absolute atomic E-state index is 0.0387. The molecule has 3 aromatic heterocycles. The molecule has 3 aromatic rings. The van der Waals surface area contributed by atoms with E-state index >= 15 is 0 Å². The van der Waals surface area contributed by atoms with Crippen LogP contribution in [-0.4, -0.2) is 27.0 Å². The Morgan fingerprint density at radius 3 is 3.00 bits per heavy atom. The molecule has 0 bridgehead atoms. The summed E-state index contributed by atoms with van der Waals surface area (Å²) in [5, 5.41) is 4.87. The van der Waals surface area contributed by atoms with Crippen LogP contribution < -0.4 is 5.32 Å². The first-order chi connectivity index (χ1) is 9.84. The minimum atomic E-state index is -0.0387. The Bertz CT molecular complexity index is 670. The van der Waals surface area contributed by atoms with Crippen LogP contribution in [0.15, 0.2) is 48.5 Å². The number of aromatic amines is 1. The highest BCUT2D eigenvalue weighted by Gasteiger charge is 2.13. The van der Waals surface area contributed by atoms with E-state index < -0.39 is 0 Å². The number of thiophene rings is 1. The van der Waals surface area contributed by atoms with E-state index in [1.807, 2.05) is 40.5 Å². The van der Waals surface area contributed by atoms with Crippen molar-refractivity contribution in [2.24, 2.45) is 0 Å². The fourth-order valence-electron chi connectivity index (χ4n) is 1.98. The van der Waals surface area contributed by atoms with Crippen molar-refractivity contribution >= 4 is 17.2 Å². The van der Waals surface area contributed by atoms with Gasteiger partial charge in [0.15, 0.2) is 0 Å². The zero-order valence-electron chi connectivity index (χ0n) is 10.7.